The summed E-state index contributed by atoms with van der Waals surface area (Å²) in [5.74, 6) is 0.222. The van der Waals surface area contributed by atoms with Crippen molar-refractivity contribution in [3.63, 3.8) is 0 Å². The maximum atomic E-state index is 15.4. The van der Waals surface area contributed by atoms with Crippen molar-refractivity contribution in [1.82, 2.24) is 49.5 Å². The number of hydrogen-bond acceptors (Lipinski definition) is 15. The van der Waals surface area contributed by atoms with Crippen LogP contribution in [0.25, 0.3) is 28.0 Å². The molecule has 348 valence electrons. The van der Waals surface area contributed by atoms with Crippen LogP contribution in [0.15, 0.2) is 79.6 Å². The molecule has 0 unspecified atom stereocenters. The minimum atomic E-state index is -0.908. The first-order valence-corrected chi connectivity index (χ1v) is 23.4. The van der Waals surface area contributed by atoms with Crippen molar-refractivity contribution in [2.75, 3.05) is 67.6 Å². The molecule has 4 N–H and O–H groups in total. The van der Waals surface area contributed by atoms with Crippen molar-refractivity contribution < 1.29 is 23.7 Å². The van der Waals surface area contributed by atoms with Gasteiger partial charge in [-0.05, 0) is 81.0 Å². The van der Waals surface area contributed by atoms with Gasteiger partial charge >= 0.3 is 0 Å². The molecule has 0 spiro atoms. The topological polar surface area (TPSA) is 184 Å². The number of benzene rings is 1. The molecule has 19 heteroatoms. The highest BCUT2D eigenvalue weighted by Gasteiger charge is 2.39. The fraction of sp³-hybridized carbons (Fsp3) is 0.458. The first kappa shape index (κ1) is 43.4. The van der Waals surface area contributed by atoms with Gasteiger partial charge in [0.2, 0.25) is 0 Å². The molecule has 0 radical (unpaired) electrons. The Bertz CT molecular complexity index is 2720. The van der Waals surface area contributed by atoms with Gasteiger partial charge in [0.25, 0.3) is 0 Å². The van der Waals surface area contributed by atoms with E-state index in [1.807, 2.05) is 42.9 Å². The molecule has 5 atom stereocenters. The monoisotopic (exact) mass is 912 g/mol. The van der Waals surface area contributed by atoms with Crippen molar-refractivity contribution in [3.8, 4) is 28.6 Å². The molecule has 4 saturated heterocycles. The Labute approximate surface area is 386 Å². The number of anilines is 3. The Morgan fingerprint density at radius 3 is 2.31 bits per heavy atom. The molecule has 67 heavy (non-hydrogen) atoms. The second-order valence-corrected chi connectivity index (χ2v) is 18.5. The van der Waals surface area contributed by atoms with Crippen LogP contribution in [0, 0.1) is 23.0 Å². The van der Waals surface area contributed by atoms with Gasteiger partial charge in [-0.3, -0.25) is 24.8 Å². The molecule has 9 heterocycles. The third kappa shape index (κ3) is 8.92. The number of piperidine rings is 1. The molecule has 11 rings (SSSR count). The zero-order chi connectivity index (χ0) is 45.6. The summed E-state index contributed by atoms with van der Waals surface area (Å²) < 4.78 is 38.7. The lowest BCUT2D eigenvalue weighted by atomic mass is 9.90. The Hall–Kier alpha value is -6.14. The fourth-order valence-corrected chi connectivity index (χ4v) is 10.8. The normalized spacial score (nSPS) is 26.2. The summed E-state index contributed by atoms with van der Waals surface area (Å²) in [6, 6.07) is 15.4. The Kier molecular flexibility index (Phi) is 12.0. The van der Waals surface area contributed by atoms with Crippen LogP contribution in [0.4, 0.5) is 26.0 Å². The predicted octanol–water partition coefficient (Wildman–Crippen LogP) is 4.40. The van der Waals surface area contributed by atoms with E-state index in [4.69, 9.17) is 19.8 Å². The predicted molar refractivity (Wildman–Crippen MR) is 246 cm³/mol. The standard InChI is InChI=1S/C48H54F2N14O3/c49-33-2-3-35(52-22-33)24-62-38-25-61(26-39(62)29-67-28-38)44-11-1-30(19-53-44)46-47-31(18-51)20-55-64(47)27-42(57-46)32-21-54-63(23-32)37-7-5-36(6-8-37)59-13-15-60(16-14-59)43-10-4-34(17-40(43)50)56-41-9-12-45(65)58-48(41)66/h1-4,10-11,17,19-23,27,36-39,41,45,48,56,58,65-66H,5-9,12-16,24-26,28-29H2/t36?,37?,38-,39+,41-,45-,48-/m0/s1. The smallest absolute Gasteiger partial charge is 0.148 e. The van der Waals surface area contributed by atoms with E-state index in [0.717, 1.165) is 87.6 Å². The van der Waals surface area contributed by atoms with E-state index in [1.54, 1.807) is 16.8 Å². The lowest BCUT2D eigenvalue weighted by Crippen LogP contribution is -2.64. The minimum absolute atomic E-state index is 0.134. The van der Waals surface area contributed by atoms with Gasteiger partial charge < -0.3 is 30.1 Å². The van der Waals surface area contributed by atoms with Gasteiger partial charge in [-0.2, -0.15) is 15.5 Å². The Morgan fingerprint density at radius 1 is 0.791 bits per heavy atom. The van der Waals surface area contributed by atoms with E-state index in [1.165, 1.54) is 18.3 Å². The average molecular weight is 913 g/mol. The average Bonchev–Trinajstić information content (AvgIpc) is 4.02. The molecule has 1 aliphatic carbocycles. The van der Waals surface area contributed by atoms with Crippen molar-refractivity contribution in [3.05, 3.63) is 103 Å². The maximum absolute atomic E-state index is 15.4. The number of nitriles is 1. The minimum Gasteiger partial charge on any atom is -0.379 e. The van der Waals surface area contributed by atoms with Crippen molar-refractivity contribution >= 4 is 22.7 Å². The fourth-order valence-electron chi connectivity index (χ4n) is 10.8. The summed E-state index contributed by atoms with van der Waals surface area (Å²) in [4.78, 5) is 23.7. The Morgan fingerprint density at radius 2 is 1.60 bits per heavy atom. The highest BCUT2D eigenvalue weighted by molar-refractivity contribution is 5.83. The van der Waals surface area contributed by atoms with Crippen molar-refractivity contribution in [2.24, 2.45) is 0 Å². The summed E-state index contributed by atoms with van der Waals surface area (Å²) in [5.41, 5.74) is 6.03. The maximum Gasteiger partial charge on any atom is 0.148 e. The molecule has 1 saturated carbocycles. The number of aromatic nitrogens is 7. The lowest BCUT2D eigenvalue weighted by molar-refractivity contribution is -0.0625. The molecule has 0 amide bonds. The number of morpholine rings is 1. The zero-order valence-corrected chi connectivity index (χ0v) is 37.1. The van der Waals surface area contributed by atoms with E-state index in [9.17, 15) is 19.9 Å². The number of ether oxygens (including phenoxy) is 1. The number of hydrogen-bond donors (Lipinski definition) is 4. The summed E-state index contributed by atoms with van der Waals surface area (Å²) in [6.07, 6.45) is 14.0. The molecule has 5 aromatic heterocycles. The number of nitrogens with one attached hydrogen (secondary N) is 2. The second kappa shape index (κ2) is 18.5. The van der Waals surface area contributed by atoms with Crippen LogP contribution in [-0.4, -0.2) is 143 Å². The van der Waals surface area contributed by atoms with Crippen LogP contribution in [0.2, 0.25) is 0 Å². The third-order valence-electron chi connectivity index (χ3n) is 14.4. The molecule has 17 nitrogen and oxygen atoms in total. The molecule has 2 bridgehead atoms. The number of rotatable bonds is 10. The summed E-state index contributed by atoms with van der Waals surface area (Å²) >= 11 is 0. The van der Waals surface area contributed by atoms with Crippen molar-refractivity contribution in [1.29, 1.82) is 5.26 Å². The number of fused-ring (bicyclic) bond motifs is 3. The molecular weight excluding hydrogens is 859 g/mol. The van der Waals surface area contributed by atoms with Gasteiger partial charge in [0.05, 0.1) is 84.9 Å². The van der Waals surface area contributed by atoms with Gasteiger partial charge in [-0.25, -0.2) is 23.3 Å². The number of pyridine rings is 2. The molecule has 5 fully saturated rings. The molecular formula is C48H54F2N14O3. The highest BCUT2D eigenvalue weighted by Crippen LogP contribution is 2.35. The van der Waals surface area contributed by atoms with Gasteiger partial charge in [0.15, 0.2) is 0 Å². The number of aliphatic hydroxyl groups is 2. The zero-order valence-electron chi connectivity index (χ0n) is 37.1. The first-order chi connectivity index (χ1) is 32.7. The highest BCUT2D eigenvalue weighted by atomic mass is 19.1. The number of piperazine rings is 2. The molecule has 6 aromatic rings. The van der Waals surface area contributed by atoms with Crippen molar-refractivity contribution in [2.45, 2.75) is 87.7 Å². The molecule has 4 aliphatic heterocycles. The summed E-state index contributed by atoms with van der Waals surface area (Å²) in [7, 11) is 0. The molecule has 5 aliphatic rings. The quantitative estimate of drug-likeness (QED) is 0.152. The SMILES string of the molecule is N#Cc1cnn2cc(-c3cnn(C4CCC(N5CCN(c6ccc(N[C@H]7CC[C@H](O)N[C@H]7O)cc6F)CC5)CC4)c3)nc(-c3ccc(N4C[C@H]5COC[C@@H](C4)N5Cc4ccc(F)cn4)nc3)c12. The second-order valence-electron chi connectivity index (χ2n) is 18.5. The van der Waals surface area contributed by atoms with Gasteiger partial charge in [-0.15, -0.1) is 0 Å². The largest absolute Gasteiger partial charge is 0.379 e. The van der Waals surface area contributed by atoms with E-state index in [-0.39, 0.29) is 35.8 Å². The summed E-state index contributed by atoms with van der Waals surface area (Å²) in [6.45, 7) is 6.49. The van der Waals surface area contributed by atoms with Crippen LogP contribution in [0.5, 0.6) is 0 Å². The van der Waals surface area contributed by atoms with E-state index in [2.05, 4.69) is 57.3 Å². The van der Waals surface area contributed by atoms with Gasteiger partial charge in [-0.1, -0.05) is 0 Å². The third-order valence-corrected chi connectivity index (χ3v) is 14.4. The van der Waals surface area contributed by atoms with E-state index in [0.29, 0.717) is 72.5 Å². The Balaban J connectivity index is 0.719. The van der Waals surface area contributed by atoms with Gasteiger partial charge in [0.1, 0.15) is 47.1 Å². The van der Waals surface area contributed by atoms with E-state index >= 15 is 4.39 Å². The molecule has 1 aromatic carbocycles. The number of halogens is 2. The van der Waals surface area contributed by atoms with Crippen LogP contribution in [0.1, 0.15) is 55.8 Å². The van der Waals surface area contributed by atoms with Crippen LogP contribution >= 0.6 is 0 Å². The van der Waals surface area contributed by atoms with Crippen LogP contribution < -0.4 is 20.4 Å². The number of nitrogens with zero attached hydrogens (tertiary/aromatic N) is 12. The van der Waals surface area contributed by atoms with Crippen LogP contribution in [-0.2, 0) is 11.3 Å². The van der Waals surface area contributed by atoms with Crippen LogP contribution in [0.3, 0.4) is 0 Å². The van der Waals surface area contributed by atoms with E-state index < -0.39 is 12.5 Å². The first-order valence-electron chi connectivity index (χ1n) is 23.4. The lowest BCUT2D eigenvalue weighted by Gasteiger charge is -2.50. The number of aliphatic hydroxyl groups excluding tert-OH is 2. The summed E-state index contributed by atoms with van der Waals surface area (Å²) in [5, 5.41) is 45.4. The van der Waals surface area contributed by atoms with Gasteiger partial charge in [0, 0.05) is 81.1 Å².